The molecule has 0 aliphatic carbocycles. The fourth-order valence-corrected chi connectivity index (χ4v) is 2.37. The van der Waals surface area contributed by atoms with E-state index in [1.165, 1.54) is 4.90 Å². The maximum Gasteiger partial charge on any atom is 0.326 e. The lowest BCUT2D eigenvalue weighted by Gasteiger charge is -2.21. The molecule has 20 heavy (non-hydrogen) atoms. The number of rotatable bonds is 3. The van der Waals surface area contributed by atoms with Crippen LogP contribution in [0.5, 0.6) is 0 Å². The third-order valence-electron chi connectivity index (χ3n) is 3.35. The lowest BCUT2D eigenvalue weighted by atomic mass is 10.1. The van der Waals surface area contributed by atoms with Gasteiger partial charge < -0.3 is 20.4 Å². The van der Waals surface area contributed by atoms with Crippen molar-refractivity contribution in [1.82, 2.24) is 10.2 Å². The zero-order valence-corrected chi connectivity index (χ0v) is 11.2. The minimum atomic E-state index is -1.09. The van der Waals surface area contributed by atoms with Crippen molar-refractivity contribution in [3.8, 4) is 0 Å². The molecule has 0 spiro atoms. The van der Waals surface area contributed by atoms with Gasteiger partial charge in [-0.15, -0.1) is 0 Å². The summed E-state index contributed by atoms with van der Waals surface area (Å²) in [6, 6.07) is 6.28. The molecule has 0 radical (unpaired) electrons. The molecule has 0 unspecified atom stereocenters. The SMILES string of the molecule is Cc1cccc(CNC(=O)N2C[C@@H](O)C[C@H]2C(=O)O)c1. The molecule has 1 saturated heterocycles. The first-order chi connectivity index (χ1) is 9.47. The number of aryl methyl sites for hydroxylation is 1. The molecule has 0 bridgehead atoms. The molecular weight excluding hydrogens is 260 g/mol. The second kappa shape index (κ2) is 5.92. The Morgan fingerprint density at radius 1 is 1.45 bits per heavy atom. The maximum atomic E-state index is 12.0. The smallest absolute Gasteiger partial charge is 0.326 e. The number of carboxylic acid groups (broad SMARTS) is 1. The van der Waals surface area contributed by atoms with Gasteiger partial charge in [0, 0.05) is 19.5 Å². The number of nitrogens with zero attached hydrogens (tertiary/aromatic N) is 1. The van der Waals surface area contributed by atoms with Crippen LogP contribution in [0.25, 0.3) is 0 Å². The fraction of sp³-hybridized carbons (Fsp3) is 0.429. The van der Waals surface area contributed by atoms with E-state index in [1.54, 1.807) is 0 Å². The molecule has 1 fully saturated rings. The Bertz CT molecular complexity index is 518. The first-order valence-electron chi connectivity index (χ1n) is 6.48. The molecule has 3 N–H and O–H groups in total. The van der Waals surface area contributed by atoms with Gasteiger partial charge in [-0.25, -0.2) is 9.59 Å². The molecule has 1 aliphatic heterocycles. The third kappa shape index (κ3) is 3.27. The number of benzene rings is 1. The first kappa shape index (κ1) is 14.3. The fourth-order valence-electron chi connectivity index (χ4n) is 2.37. The number of hydrogen-bond donors (Lipinski definition) is 3. The predicted octanol–water partition coefficient (Wildman–Crippen LogP) is 0.724. The number of carboxylic acids is 1. The van der Waals surface area contributed by atoms with Crippen molar-refractivity contribution in [2.45, 2.75) is 32.0 Å². The standard InChI is InChI=1S/C14H18N2O4/c1-9-3-2-4-10(5-9)7-15-14(20)16-8-11(17)6-12(16)13(18)19/h2-5,11-12,17H,6-8H2,1H3,(H,15,20)(H,18,19)/t11-,12-/m0/s1. The number of carbonyl (C=O) groups excluding carboxylic acids is 1. The number of amides is 2. The van der Waals surface area contributed by atoms with Crippen molar-refractivity contribution in [3.63, 3.8) is 0 Å². The Morgan fingerprint density at radius 2 is 2.20 bits per heavy atom. The molecule has 108 valence electrons. The second-order valence-corrected chi connectivity index (χ2v) is 5.04. The summed E-state index contributed by atoms with van der Waals surface area (Å²) in [5, 5.41) is 21.2. The van der Waals surface area contributed by atoms with E-state index in [0.717, 1.165) is 11.1 Å². The summed E-state index contributed by atoms with van der Waals surface area (Å²) in [7, 11) is 0. The highest BCUT2D eigenvalue weighted by atomic mass is 16.4. The van der Waals surface area contributed by atoms with Crippen LogP contribution in [-0.2, 0) is 11.3 Å². The summed E-state index contributed by atoms with van der Waals surface area (Å²) in [5.41, 5.74) is 2.04. The van der Waals surface area contributed by atoms with E-state index in [9.17, 15) is 14.7 Å². The number of aliphatic hydroxyl groups is 1. The van der Waals surface area contributed by atoms with E-state index in [0.29, 0.717) is 6.54 Å². The highest BCUT2D eigenvalue weighted by Gasteiger charge is 2.38. The molecule has 6 heteroatoms. The lowest BCUT2D eigenvalue weighted by Crippen LogP contribution is -2.45. The molecule has 1 aromatic rings. The maximum absolute atomic E-state index is 12.0. The molecule has 0 aromatic heterocycles. The van der Waals surface area contributed by atoms with E-state index in [1.807, 2.05) is 31.2 Å². The van der Waals surface area contributed by atoms with Crippen LogP contribution in [0.2, 0.25) is 0 Å². The number of carbonyl (C=O) groups is 2. The summed E-state index contributed by atoms with van der Waals surface area (Å²) in [6.45, 7) is 2.35. The van der Waals surface area contributed by atoms with Gasteiger partial charge >= 0.3 is 12.0 Å². The largest absolute Gasteiger partial charge is 0.480 e. The number of nitrogens with one attached hydrogen (secondary N) is 1. The van der Waals surface area contributed by atoms with Crippen molar-refractivity contribution < 1.29 is 19.8 Å². The molecule has 1 heterocycles. The van der Waals surface area contributed by atoms with Gasteiger partial charge in [-0.1, -0.05) is 29.8 Å². The molecule has 2 amide bonds. The molecule has 1 aliphatic rings. The molecule has 6 nitrogen and oxygen atoms in total. The first-order valence-corrected chi connectivity index (χ1v) is 6.48. The average Bonchev–Trinajstić information content (AvgIpc) is 2.78. The number of aliphatic carboxylic acids is 1. The van der Waals surface area contributed by atoms with Crippen LogP contribution in [0, 0.1) is 6.92 Å². The van der Waals surface area contributed by atoms with Crippen molar-refractivity contribution in [2.24, 2.45) is 0 Å². The molecule has 1 aromatic carbocycles. The highest BCUT2D eigenvalue weighted by Crippen LogP contribution is 2.18. The summed E-state index contributed by atoms with van der Waals surface area (Å²) in [5.74, 6) is -1.09. The molecule has 0 saturated carbocycles. The minimum absolute atomic E-state index is 0.0522. The van der Waals surface area contributed by atoms with E-state index in [4.69, 9.17) is 5.11 Å². The normalized spacial score (nSPS) is 21.8. The van der Waals surface area contributed by atoms with Crippen molar-refractivity contribution in [3.05, 3.63) is 35.4 Å². The van der Waals surface area contributed by atoms with Crippen molar-refractivity contribution in [1.29, 1.82) is 0 Å². The minimum Gasteiger partial charge on any atom is -0.480 e. The third-order valence-corrected chi connectivity index (χ3v) is 3.35. The van der Waals surface area contributed by atoms with Gasteiger partial charge in [0.1, 0.15) is 6.04 Å². The lowest BCUT2D eigenvalue weighted by molar-refractivity contribution is -0.141. The quantitative estimate of drug-likeness (QED) is 0.760. The topological polar surface area (TPSA) is 89.9 Å². The van der Waals surface area contributed by atoms with Crippen LogP contribution < -0.4 is 5.32 Å². The molecular formula is C14H18N2O4. The van der Waals surface area contributed by atoms with Gasteiger partial charge in [-0.3, -0.25) is 0 Å². The summed E-state index contributed by atoms with van der Waals surface area (Å²) in [6.07, 6.45) is -0.700. The monoisotopic (exact) mass is 278 g/mol. The number of likely N-dealkylation sites (tertiary alicyclic amines) is 1. The molecule has 2 rings (SSSR count). The Kier molecular flexibility index (Phi) is 4.24. The van der Waals surface area contributed by atoms with Crippen LogP contribution in [0.4, 0.5) is 4.79 Å². The van der Waals surface area contributed by atoms with Crippen LogP contribution in [0.15, 0.2) is 24.3 Å². The summed E-state index contributed by atoms with van der Waals surface area (Å²) < 4.78 is 0. The van der Waals surface area contributed by atoms with Crippen LogP contribution in [0.3, 0.4) is 0 Å². The average molecular weight is 278 g/mol. The van der Waals surface area contributed by atoms with E-state index in [-0.39, 0.29) is 13.0 Å². The van der Waals surface area contributed by atoms with E-state index < -0.39 is 24.1 Å². The number of urea groups is 1. The zero-order valence-electron chi connectivity index (χ0n) is 11.2. The van der Waals surface area contributed by atoms with Crippen molar-refractivity contribution >= 4 is 12.0 Å². The van der Waals surface area contributed by atoms with Crippen molar-refractivity contribution in [2.75, 3.05) is 6.54 Å². The highest BCUT2D eigenvalue weighted by molar-refractivity contribution is 5.83. The van der Waals surface area contributed by atoms with Crippen LogP contribution in [-0.4, -0.2) is 45.8 Å². The van der Waals surface area contributed by atoms with Gasteiger partial charge in [-0.2, -0.15) is 0 Å². The zero-order chi connectivity index (χ0) is 14.7. The van der Waals surface area contributed by atoms with E-state index in [2.05, 4.69) is 5.32 Å². The second-order valence-electron chi connectivity index (χ2n) is 5.04. The van der Waals surface area contributed by atoms with Gasteiger partial charge in [0.25, 0.3) is 0 Å². The predicted molar refractivity (Wildman–Crippen MR) is 72.2 cm³/mol. The number of aliphatic hydroxyl groups excluding tert-OH is 1. The number of β-amino-alcohol motifs (C(OH)–C–C–N with tert-alkyl or cyclic N) is 1. The number of hydrogen-bond acceptors (Lipinski definition) is 3. The Hall–Kier alpha value is -2.08. The molecule has 2 atom stereocenters. The Balaban J connectivity index is 1.96. The Labute approximate surface area is 117 Å². The van der Waals surface area contributed by atoms with Gasteiger partial charge in [0.2, 0.25) is 0 Å². The summed E-state index contributed by atoms with van der Waals surface area (Å²) in [4.78, 5) is 24.2. The van der Waals surface area contributed by atoms with Gasteiger partial charge in [0.05, 0.1) is 6.10 Å². The van der Waals surface area contributed by atoms with Crippen LogP contribution in [0.1, 0.15) is 17.5 Å². The van der Waals surface area contributed by atoms with E-state index >= 15 is 0 Å². The Morgan fingerprint density at radius 3 is 2.85 bits per heavy atom. The van der Waals surface area contributed by atoms with Crippen LogP contribution >= 0.6 is 0 Å². The van der Waals surface area contributed by atoms with Gasteiger partial charge in [-0.05, 0) is 12.5 Å². The van der Waals surface area contributed by atoms with Gasteiger partial charge in [0.15, 0.2) is 0 Å². The summed E-state index contributed by atoms with van der Waals surface area (Å²) >= 11 is 0.